The molecule has 20 heavy (non-hydrogen) atoms. The molecule has 2 saturated heterocycles. The quantitative estimate of drug-likeness (QED) is 0.814. The molecule has 3 atom stereocenters. The maximum Gasteiger partial charge on any atom is 0.326 e. The second-order valence-corrected chi connectivity index (χ2v) is 5.89. The van der Waals surface area contributed by atoms with Crippen LogP contribution in [0.1, 0.15) is 39.5 Å². The summed E-state index contributed by atoms with van der Waals surface area (Å²) in [6.45, 7) is 6.52. The second-order valence-electron chi connectivity index (χ2n) is 5.89. The third kappa shape index (κ3) is 3.23. The highest BCUT2D eigenvalue weighted by molar-refractivity contribution is 5.82. The van der Waals surface area contributed by atoms with Gasteiger partial charge >= 0.3 is 12.0 Å². The summed E-state index contributed by atoms with van der Waals surface area (Å²) in [7, 11) is 0. The summed E-state index contributed by atoms with van der Waals surface area (Å²) in [6.07, 6.45) is 4.00. The molecular weight excluding hydrogens is 258 g/mol. The zero-order chi connectivity index (χ0) is 14.7. The molecule has 3 unspecified atom stereocenters. The van der Waals surface area contributed by atoms with Crippen molar-refractivity contribution in [2.45, 2.75) is 57.7 Å². The van der Waals surface area contributed by atoms with Crippen molar-refractivity contribution < 1.29 is 14.7 Å². The fraction of sp³-hybridized carbons (Fsp3) is 0.857. The van der Waals surface area contributed by atoms with E-state index in [9.17, 15) is 9.59 Å². The number of nitrogens with zero attached hydrogens (tertiary/aromatic N) is 2. The largest absolute Gasteiger partial charge is 0.480 e. The van der Waals surface area contributed by atoms with Crippen molar-refractivity contribution in [3.8, 4) is 0 Å². The van der Waals surface area contributed by atoms with Gasteiger partial charge in [0.2, 0.25) is 0 Å². The topological polar surface area (TPSA) is 72.9 Å². The monoisotopic (exact) mass is 283 g/mol. The molecule has 0 aromatic carbocycles. The summed E-state index contributed by atoms with van der Waals surface area (Å²) in [6, 6.07) is -0.456. The van der Waals surface area contributed by atoms with Crippen molar-refractivity contribution in [3.63, 3.8) is 0 Å². The Kier molecular flexibility index (Phi) is 4.86. The summed E-state index contributed by atoms with van der Waals surface area (Å²) in [5.74, 6) is -0.968. The maximum atomic E-state index is 12.3. The lowest BCUT2D eigenvalue weighted by atomic mass is 9.97. The number of rotatable bonds is 3. The van der Waals surface area contributed by atoms with E-state index in [0.29, 0.717) is 19.0 Å². The highest BCUT2D eigenvalue weighted by atomic mass is 16.4. The van der Waals surface area contributed by atoms with Gasteiger partial charge in [-0.3, -0.25) is 4.90 Å². The fourth-order valence-electron chi connectivity index (χ4n) is 3.21. The first-order valence-corrected chi connectivity index (χ1v) is 7.57. The molecule has 2 aliphatic rings. The van der Waals surface area contributed by atoms with E-state index in [4.69, 9.17) is 5.11 Å². The predicted molar refractivity (Wildman–Crippen MR) is 75.6 cm³/mol. The zero-order valence-corrected chi connectivity index (χ0v) is 12.3. The number of piperazine rings is 1. The molecule has 0 aromatic heterocycles. The Morgan fingerprint density at radius 3 is 2.75 bits per heavy atom. The highest BCUT2D eigenvalue weighted by Gasteiger charge is 2.36. The standard InChI is InChI=1S/C14H25N3O3/c1-3-12(13(18)19)15-14(20)17-9-11-6-4-5-7-16(11)8-10(17)2/h10-12H,3-9H2,1-2H3,(H,15,20)(H,18,19). The van der Waals surface area contributed by atoms with Crippen LogP contribution in [0.5, 0.6) is 0 Å². The Hall–Kier alpha value is -1.30. The Morgan fingerprint density at radius 1 is 1.35 bits per heavy atom. The number of carbonyl (C=O) groups is 2. The van der Waals surface area contributed by atoms with E-state index in [0.717, 1.165) is 19.5 Å². The Labute approximate surface area is 120 Å². The average molecular weight is 283 g/mol. The number of carboxylic acid groups (broad SMARTS) is 1. The molecule has 0 radical (unpaired) electrons. The van der Waals surface area contributed by atoms with Crippen LogP contribution in [0.2, 0.25) is 0 Å². The molecule has 0 spiro atoms. The van der Waals surface area contributed by atoms with E-state index in [1.165, 1.54) is 12.8 Å². The first-order valence-electron chi connectivity index (χ1n) is 7.57. The van der Waals surface area contributed by atoms with Crippen molar-refractivity contribution in [2.75, 3.05) is 19.6 Å². The number of urea groups is 1. The van der Waals surface area contributed by atoms with Crippen LogP contribution in [-0.4, -0.2) is 64.7 Å². The minimum Gasteiger partial charge on any atom is -0.480 e. The Morgan fingerprint density at radius 2 is 2.10 bits per heavy atom. The number of piperidine rings is 1. The van der Waals surface area contributed by atoms with Crippen LogP contribution in [-0.2, 0) is 4.79 Å². The van der Waals surface area contributed by atoms with Gasteiger partial charge in [-0.25, -0.2) is 9.59 Å². The zero-order valence-electron chi connectivity index (χ0n) is 12.3. The first kappa shape index (κ1) is 15.1. The number of hydrogen-bond acceptors (Lipinski definition) is 3. The van der Waals surface area contributed by atoms with Crippen molar-refractivity contribution >= 4 is 12.0 Å². The molecule has 6 nitrogen and oxygen atoms in total. The number of nitrogens with one attached hydrogen (secondary N) is 1. The molecule has 2 N–H and O–H groups in total. The number of amides is 2. The SMILES string of the molecule is CCC(NC(=O)N1CC2CCCCN2CC1C)C(=O)O. The molecule has 114 valence electrons. The molecule has 2 fully saturated rings. The van der Waals surface area contributed by atoms with E-state index < -0.39 is 12.0 Å². The lowest BCUT2D eigenvalue weighted by Crippen LogP contribution is -2.62. The fourth-order valence-corrected chi connectivity index (χ4v) is 3.21. The van der Waals surface area contributed by atoms with Gasteiger partial charge in [0.1, 0.15) is 6.04 Å². The van der Waals surface area contributed by atoms with Gasteiger partial charge in [-0.2, -0.15) is 0 Å². The third-order valence-electron chi connectivity index (χ3n) is 4.45. The summed E-state index contributed by atoms with van der Waals surface area (Å²) < 4.78 is 0. The Bertz CT molecular complexity index is 375. The number of hydrogen-bond donors (Lipinski definition) is 2. The molecule has 0 saturated carbocycles. The van der Waals surface area contributed by atoms with Crippen LogP contribution >= 0.6 is 0 Å². The normalized spacial score (nSPS) is 28.6. The van der Waals surface area contributed by atoms with E-state index in [-0.39, 0.29) is 12.1 Å². The van der Waals surface area contributed by atoms with Gasteiger partial charge in [0.25, 0.3) is 0 Å². The Balaban J connectivity index is 1.96. The van der Waals surface area contributed by atoms with Crippen LogP contribution < -0.4 is 5.32 Å². The van der Waals surface area contributed by atoms with Gasteiger partial charge in [-0.15, -0.1) is 0 Å². The molecule has 2 amide bonds. The molecule has 6 heteroatoms. The number of fused-ring (bicyclic) bond motifs is 1. The minimum atomic E-state index is -0.968. The molecule has 2 aliphatic heterocycles. The highest BCUT2D eigenvalue weighted by Crippen LogP contribution is 2.24. The number of carboxylic acids is 1. The van der Waals surface area contributed by atoms with Crippen molar-refractivity contribution in [1.29, 1.82) is 0 Å². The summed E-state index contributed by atoms with van der Waals surface area (Å²) >= 11 is 0. The van der Waals surface area contributed by atoms with Crippen LogP contribution in [0, 0.1) is 0 Å². The molecular formula is C14H25N3O3. The van der Waals surface area contributed by atoms with Gasteiger partial charge < -0.3 is 15.3 Å². The van der Waals surface area contributed by atoms with E-state index in [2.05, 4.69) is 10.2 Å². The predicted octanol–water partition coefficient (Wildman–Crippen LogP) is 1.12. The molecule has 0 aliphatic carbocycles. The van der Waals surface area contributed by atoms with Gasteiger partial charge in [0.15, 0.2) is 0 Å². The molecule has 0 bridgehead atoms. The van der Waals surface area contributed by atoms with Crippen LogP contribution in [0.3, 0.4) is 0 Å². The second kappa shape index (κ2) is 6.43. The lowest BCUT2D eigenvalue weighted by molar-refractivity contribution is -0.139. The third-order valence-corrected chi connectivity index (χ3v) is 4.45. The number of carbonyl (C=O) groups excluding carboxylic acids is 1. The minimum absolute atomic E-state index is 0.135. The van der Waals surface area contributed by atoms with E-state index in [1.54, 1.807) is 11.8 Å². The van der Waals surface area contributed by atoms with Crippen molar-refractivity contribution in [3.05, 3.63) is 0 Å². The van der Waals surface area contributed by atoms with Gasteiger partial charge in [0.05, 0.1) is 0 Å². The van der Waals surface area contributed by atoms with Crippen molar-refractivity contribution in [1.82, 2.24) is 15.1 Å². The summed E-state index contributed by atoms with van der Waals surface area (Å²) in [5, 5.41) is 11.7. The van der Waals surface area contributed by atoms with E-state index >= 15 is 0 Å². The maximum absolute atomic E-state index is 12.3. The average Bonchev–Trinajstić information content (AvgIpc) is 2.43. The number of aliphatic carboxylic acids is 1. The lowest BCUT2D eigenvalue weighted by Gasteiger charge is -2.47. The molecule has 2 heterocycles. The van der Waals surface area contributed by atoms with Crippen LogP contribution in [0.25, 0.3) is 0 Å². The smallest absolute Gasteiger partial charge is 0.326 e. The van der Waals surface area contributed by atoms with E-state index in [1.807, 2.05) is 6.92 Å². The van der Waals surface area contributed by atoms with Gasteiger partial charge in [0, 0.05) is 25.2 Å². The van der Waals surface area contributed by atoms with Gasteiger partial charge in [-0.1, -0.05) is 13.3 Å². The molecule has 0 aromatic rings. The van der Waals surface area contributed by atoms with Crippen molar-refractivity contribution in [2.24, 2.45) is 0 Å². The summed E-state index contributed by atoms with van der Waals surface area (Å²) in [4.78, 5) is 27.6. The van der Waals surface area contributed by atoms with Crippen LogP contribution in [0.4, 0.5) is 4.79 Å². The first-order chi connectivity index (χ1) is 9.52. The molecule has 2 rings (SSSR count). The van der Waals surface area contributed by atoms with Gasteiger partial charge in [-0.05, 0) is 32.7 Å². The summed E-state index contributed by atoms with van der Waals surface area (Å²) in [5.41, 5.74) is 0. The van der Waals surface area contributed by atoms with Crippen LogP contribution in [0.15, 0.2) is 0 Å².